The largest absolute Gasteiger partial charge is 0.385 e. The number of aryl methyl sites for hydroxylation is 1. The first-order valence-electron chi connectivity index (χ1n) is 8.50. The average Bonchev–Trinajstić information content (AvgIpc) is 2.64. The molecule has 0 saturated carbocycles. The van der Waals surface area contributed by atoms with Gasteiger partial charge in [0.05, 0.1) is 4.90 Å². The maximum absolute atomic E-state index is 12.4. The zero-order valence-electron chi connectivity index (χ0n) is 14.6. The van der Waals surface area contributed by atoms with E-state index >= 15 is 0 Å². The molecule has 0 aliphatic heterocycles. The molecule has 0 saturated heterocycles. The predicted molar refractivity (Wildman–Crippen MR) is 107 cm³/mol. The summed E-state index contributed by atoms with van der Waals surface area (Å²) in [5, 5.41) is 3.34. The van der Waals surface area contributed by atoms with Gasteiger partial charge in [0.25, 0.3) is 10.0 Å². The van der Waals surface area contributed by atoms with E-state index in [9.17, 15) is 8.42 Å². The molecule has 0 unspecified atom stereocenters. The van der Waals surface area contributed by atoms with Crippen LogP contribution in [0, 0.1) is 6.92 Å². The number of hydrogen-bond acceptors (Lipinski definition) is 3. The van der Waals surface area contributed by atoms with Gasteiger partial charge < -0.3 is 5.32 Å². The second-order valence-corrected chi connectivity index (χ2v) is 7.84. The maximum Gasteiger partial charge on any atom is 0.261 e. The van der Waals surface area contributed by atoms with Crippen molar-refractivity contribution in [3.05, 3.63) is 90.0 Å². The highest BCUT2D eigenvalue weighted by molar-refractivity contribution is 7.92. The minimum atomic E-state index is -3.57. The summed E-state index contributed by atoms with van der Waals surface area (Å²) in [6, 6.07) is 24.3. The molecule has 2 N–H and O–H groups in total. The van der Waals surface area contributed by atoms with Gasteiger partial charge in [0, 0.05) is 17.9 Å². The number of rotatable bonds is 7. The van der Waals surface area contributed by atoms with E-state index in [-0.39, 0.29) is 4.90 Å². The first-order chi connectivity index (χ1) is 12.5. The van der Waals surface area contributed by atoms with E-state index in [2.05, 4.69) is 22.2 Å². The molecule has 0 aliphatic carbocycles. The van der Waals surface area contributed by atoms with Crippen molar-refractivity contribution in [3.8, 4) is 0 Å². The van der Waals surface area contributed by atoms with Gasteiger partial charge in [-0.1, -0.05) is 48.0 Å². The summed E-state index contributed by atoms with van der Waals surface area (Å²) in [5.74, 6) is 0. The minimum Gasteiger partial charge on any atom is -0.385 e. The first kappa shape index (κ1) is 18.0. The lowest BCUT2D eigenvalue weighted by molar-refractivity contribution is 0.601. The molecule has 0 aliphatic rings. The number of sulfonamides is 1. The van der Waals surface area contributed by atoms with Crippen molar-refractivity contribution in [1.29, 1.82) is 0 Å². The van der Waals surface area contributed by atoms with Crippen molar-refractivity contribution < 1.29 is 8.42 Å². The summed E-state index contributed by atoms with van der Waals surface area (Å²) in [7, 11) is -3.57. The topological polar surface area (TPSA) is 58.2 Å². The monoisotopic (exact) mass is 366 g/mol. The lowest BCUT2D eigenvalue weighted by Gasteiger charge is -2.10. The quantitative estimate of drug-likeness (QED) is 0.649. The Morgan fingerprint density at radius 3 is 2.04 bits per heavy atom. The van der Waals surface area contributed by atoms with Gasteiger partial charge in [-0.3, -0.25) is 4.72 Å². The number of benzene rings is 3. The Balaban J connectivity index is 1.58. The normalized spacial score (nSPS) is 11.1. The standard InChI is InChI=1S/C21H22N2O2S/c1-17-7-13-21(14-8-17)26(24,25)23-20-11-9-19(10-12-20)22-16-15-18-5-3-2-4-6-18/h2-14,22-23H,15-16H2,1H3. The van der Waals surface area contributed by atoms with Gasteiger partial charge in [0.15, 0.2) is 0 Å². The molecule has 0 bridgehead atoms. The Morgan fingerprint density at radius 2 is 1.38 bits per heavy atom. The molecule has 3 aromatic carbocycles. The smallest absolute Gasteiger partial charge is 0.261 e. The van der Waals surface area contributed by atoms with E-state index in [0.717, 1.165) is 24.2 Å². The number of nitrogens with one attached hydrogen (secondary N) is 2. The van der Waals surface area contributed by atoms with E-state index in [4.69, 9.17) is 0 Å². The van der Waals surface area contributed by atoms with Crippen LogP contribution in [-0.4, -0.2) is 15.0 Å². The molecule has 0 spiro atoms. The summed E-state index contributed by atoms with van der Waals surface area (Å²) in [6.07, 6.45) is 0.933. The third-order valence-corrected chi connectivity index (χ3v) is 5.45. The fraction of sp³-hybridized carbons (Fsp3) is 0.143. The van der Waals surface area contributed by atoms with Crippen molar-refractivity contribution in [1.82, 2.24) is 0 Å². The van der Waals surface area contributed by atoms with Crippen LogP contribution in [0.4, 0.5) is 11.4 Å². The predicted octanol–water partition coefficient (Wildman–Crippen LogP) is 4.45. The van der Waals surface area contributed by atoms with Crippen LogP contribution in [0.25, 0.3) is 0 Å². The molecular weight excluding hydrogens is 344 g/mol. The van der Waals surface area contributed by atoms with Gasteiger partial charge in [-0.25, -0.2) is 8.42 Å². The number of hydrogen-bond donors (Lipinski definition) is 2. The molecule has 3 aromatic rings. The summed E-state index contributed by atoms with van der Waals surface area (Å²) in [5.41, 5.74) is 3.80. The molecular formula is C21H22N2O2S. The lowest BCUT2D eigenvalue weighted by Crippen LogP contribution is -2.13. The fourth-order valence-electron chi connectivity index (χ4n) is 2.58. The second-order valence-electron chi connectivity index (χ2n) is 6.16. The van der Waals surface area contributed by atoms with Crippen LogP contribution in [0.15, 0.2) is 83.8 Å². The van der Waals surface area contributed by atoms with Crippen LogP contribution in [0.1, 0.15) is 11.1 Å². The van der Waals surface area contributed by atoms with E-state index in [1.54, 1.807) is 36.4 Å². The molecule has 3 rings (SSSR count). The van der Waals surface area contributed by atoms with Crippen molar-refractivity contribution in [2.24, 2.45) is 0 Å². The lowest BCUT2D eigenvalue weighted by atomic mass is 10.1. The Kier molecular flexibility index (Phi) is 5.58. The molecule has 0 amide bonds. The van der Waals surface area contributed by atoms with Gasteiger partial charge >= 0.3 is 0 Å². The van der Waals surface area contributed by atoms with Crippen LogP contribution < -0.4 is 10.0 Å². The summed E-state index contributed by atoms with van der Waals surface area (Å²) in [4.78, 5) is 0.258. The van der Waals surface area contributed by atoms with Crippen molar-refractivity contribution in [3.63, 3.8) is 0 Å². The third kappa shape index (κ3) is 4.86. The highest BCUT2D eigenvalue weighted by Gasteiger charge is 2.13. The van der Waals surface area contributed by atoms with Crippen molar-refractivity contribution in [2.45, 2.75) is 18.2 Å². The first-order valence-corrected chi connectivity index (χ1v) is 9.99. The Morgan fingerprint density at radius 1 is 0.769 bits per heavy atom. The molecule has 0 aromatic heterocycles. The number of anilines is 2. The van der Waals surface area contributed by atoms with E-state index in [1.807, 2.05) is 37.3 Å². The molecule has 5 heteroatoms. The van der Waals surface area contributed by atoms with E-state index < -0.39 is 10.0 Å². The summed E-state index contributed by atoms with van der Waals surface area (Å²) in [6.45, 7) is 2.74. The highest BCUT2D eigenvalue weighted by atomic mass is 32.2. The average molecular weight is 366 g/mol. The maximum atomic E-state index is 12.4. The zero-order chi connectivity index (χ0) is 18.4. The van der Waals surface area contributed by atoms with E-state index in [1.165, 1.54) is 5.56 Å². The Hall–Kier alpha value is -2.79. The van der Waals surface area contributed by atoms with Crippen LogP contribution >= 0.6 is 0 Å². The van der Waals surface area contributed by atoms with Gasteiger partial charge in [0.2, 0.25) is 0 Å². The van der Waals surface area contributed by atoms with Crippen LogP contribution in [0.3, 0.4) is 0 Å². The SMILES string of the molecule is Cc1ccc(S(=O)(=O)Nc2ccc(NCCc3ccccc3)cc2)cc1. The summed E-state index contributed by atoms with van der Waals surface area (Å²) >= 11 is 0. The molecule has 0 heterocycles. The highest BCUT2D eigenvalue weighted by Crippen LogP contribution is 2.19. The molecule has 0 atom stereocenters. The van der Waals surface area contributed by atoms with Crippen LogP contribution in [0.5, 0.6) is 0 Å². The molecule has 0 radical (unpaired) electrons. The van der Waals surface area contributed by atoms with Gasteiger partial charge in [-0.2, -0.15) is 0 Å². The Bertz CT molecular complexity index is 936. The van der Waals surface area contributed by atoms with Crippen LogP contribution in [0.2, 0.25) is 0 Å². The molecule has 4 nitrogen and oxygen atoms in total. The van der Waals surface area contributed by atoms with Crippen molar-refractivity contribution >= 4 is 21.4 Å². The molecule has 134 valence electrons. The fourth-order valence-corrected chi connectivity index (χ4v) is 3.64. The third-order valence-electron chi connectivity index (χ3n) is 4.05. The Labute approximate surface area is 155 Å². The molecule has 26 heavy (non-hydrogen) atoms. The molecule has 0 fully saturated rings. The van der Waals surface area contributed by atoms with Gasteiger partial charge in [-0.15, -0.1) is 0 Å². The minimum absolute atomic E-state index is 0.258. The van der Waals surface area contributed by atoms with Gasteiger partial charge in [-0.05, 0) is 55.3 Å². The second kappa shape index (κ2) is 8.06. The van der Waals surface area contributed by atoms with Crippen molar-refractivity contribution in [2.75, 3.05) is 16.6 Å². The zero-order valence-corrected chi connectivity index (χ0v) is 15.5. The van der Waals surface area contributed by atoms with Crippen LogP contribution in [-0.2, 0) is 16.4 Å². The summed E-state index contributed by atoms with van der Waals surface area (Å²) < 4.78 is 27.4. The van der Waals surface area contributed by atoms with Gasteiger partial charge in [0.1, 0.15) is 0 Å². The van der Waals surface area contributed by atoms with E-state index in [0.29, 0.717) is 5.69 Å².